The number of hydrogen-bond acceptors (Lipinski definition) is 5. The highest BCUT2D eigenvalue weighted by Gasteiger charge is 2.51. The molecule has 202 valence electrons. The summed E-state index contributed by atoms with van der Waals surface area (Å²) in [5.74, 6) is -1.08. The van der Waals surface area contributed by atoms with Crippen LogP contribution >= 0.6 is 0 Å². The van der Waals surface area contributed by atoms with Crippen molar-refractivity contribution in [1.82, 2.24) is 0 Å². The van der Waals surface area contributed by atoms with Gasteiger partial charge in [-0.25, -0.2) is 4.79 Å². The van der Waals surface area contributed by atoms with E-state index in [0.29, 0.717) is 6.61 Å². The molecule has 8 heteroatoms. The number of ether oxygens (including phenoxy) is 3. The molecule has 1 aliphatic rings. The van der Waals surface area contributed by atoms with E-state index in [9.17, 15) is 22.8 Å². The molecule has 37 heavy (non-hydrogen) atoms. The predicted molar refractivity (Wildman–Crippen MR) is 134 cm³/mol. The van der Waals surface area contributed by atoms with Gasteiger partial charge in [-0.3, -0.25) is 4.79 Å². The molecule has 3 rings (SSSR count). The molecule has 5 nitrogen and oxygen atoms in total. The van der Waals surface area contributed by atoms with Gasteiger partial charge in [0.15, 0.2) is 0 Å². The van der Waals surface area contributed by atoms with Crippen LogP contribution in [0.3, 0.4) is 0 Å². The highest BCUT2D eigenvalue weighted by atomic mass is 19.4. The normalized spacial score (nSPS) is 16.3. The van der Waals surface area contributed by atoms with Crippen molar-refractivity contribution in [2.45, 2.75) is 89.5 Å². The Morgan fingerprint density at radius 2 is 1.49 bits per heavy atom. The summed E-state index contributed by atoms with van der Waals surface area (Å²) in [6, 6.07) is 13.7. The van der Waals surface area contributed by atoms with Crippen LogP contribution in [0.4, 0.5) is 13.2 Å². The molecule has 2 aromatic carbocycles. The molecule has 2 aromatic rings. The van der Waals surface area contributed by atoms with Gasteiger partial charge >= 0.3 is 18.1 Å². The number of alkyl halides is 3. The number of rotatable bonds is 14. The molecule has 0 spiro atoms. The van der Waals surface area contributed by atoms with E-state index >= 15 is 0 Å². The number of carbonyl (C=O) groups is 2. The van der Waals surface area contributed by atoms with E-state index in [0.717, 1.165) is 29.7 Å². The van der Waals surface area contributed by atoms with Gasteiger partial charge in [0.25, 0.3) is 0 Å². The van der Waals surface area contributed by atoms with Crippen molar-refractivity contribution in [2.75, 3.05) is 6.61 Å². The first kappa shape index (κ1) is 28.5. The minimum Gasteiger partial charge on any atom is -0.494 e. The van der Waals surface area contributed by atoms with Crippen LogP contribution in [0, 0.1) is 0 Å². The third-order valence-corrected chi connectivity index (χ3v) is 6.38. The maximum Gasteiger partial charge on any atom is 0.429 e. The quantitative estimate of drug-likeness (QED) is 0.189. The molecule has 2 atom stereocenters. The molecule has 0 aromatic heterocycles. The molecule has 0 amide bonds. The van der Waals surface area contributed by atoms with Gasteiger partial charge in [0.2, 0.25) is 6.10 Å². The van der Waals surface area contributed by atoms with Crippen LogP contribution in [-0.2, 0) is 14.3 Å². The molecule has 1 heterocycles. The van der Waals surface area contributed by atoms with Gasteiger partial charge in [-0.05, 0) is 48.2 Å². The van der Waals surface area contributed by atoms with E-state index < -0.39 is 30.3 Å². The first-order valence-corrected chi connectivity index (χ1v) is 13.1. The van der Waals surface area contributed by atoms with Crippen molar-refractivity contribution in [1.29, 1.82) is 0 Å². The second kappa shape index (κ2) is 14.1. The van der Waals surface area contributed by atoms with Crippen LogP contribution in [0.25, 0.3) is 11.1 Å². The fourth-order valence-electron chi connectivity index (χ4n) is 4.27. The van der Waals surface area contributed by atoms with E-state index in [1.165, 1.54) is 50.7 Å². The van der Waals surface area contributed by atoms with Gasteiger partial charge in [-0.15, -0.1) is 0 Å². The zero-order chi connectivity index (χ0) is 26.7. The van der Waals surface area contributed by atoms with Gasteiger partial charge in [-0.1, -0.05) is 76.1 Å². The number of halogens is 3. The Morgan fingerprint density at radius 1 is 0.919 bits per heavy atom. The lowest BCUT2D eigenvalue weighted by atomic mass is 10.0. The zero-order valence-electron chi connectivity index (χ0n) is 21.2. The van der Waals surface area contributed by atoms with Gasteiger partial charge in [0.05, 0.1) is 12.2 Å². The lowest BCUT2D eigenvalue weighted by Crippen LogP contribution is -2.43. The molecule has 0 saturated carbocycles. The highest BCUT2D eigenvalue weighted by Crippen LogP contribution is 2.32. The fraction of sp³-hybridized carbons (Fsp3) is 0.517. The van der Waals surface area contributed by atoms with Crippen LogP contribution in [0.5, 0.6) is 5.75 Å². The Kier molecular flexibility index (Phi) is 10.8. The average Bonchev–Trinajstić information content (AvgIpc) is 3.31. The van der Waals surface area contributed by atoms with Gasteiger partial charge in [-0.2, -0.15) is 13.2 Å². The highest BCUT2D eigenvalue weighted by molar-refractivity contribution is 5.90. The van der Waals surface area contributed by atoms with Crippen molar-refractivity contribution in [2.24, 2.45) is 0 Å². The van der Waals surface area contributed by atoms with Gasteiger partial charge < -0.3 is 14.2 Å². The number of benzene rings is 2. The Hall–Kier alpha value is -3.03. The monoisotopic (exact) mass is 520 g/mol. The Labute approximate surface area is 216 Å². The van der Waals surface area contributed by atoms with Crippen molar-refractivity contribution in [3.8, 4) is 16.9 Å². The second-order valence-corrected chi connectivity index (χ2v) is 9.36. The predicted octanol–water partition coefficient (Wildman–Crippen LogP) is 7.67. The van der Waals surface area contributed by atoms with Crippen LogP contribution < -0.4 is 4.74 Å². The maximum atomic E-state index is 13.4. The summed E-state index contributed by atoms with van der Waals surface area (Å²) in [6.07, 6.45) is 0.774. The fourth-order valence-corrected chi connectivity index (χ4v) is 4.27. The number of cyclic esters (lactones) is 1. The van der Waals surface area contributed by atoms with E-state index in [2.05, 4.69) is 11.7 Å². The first-order valence-electron chi connectivity index (χ1n) is 13.1. The topological polar surface area (TPSA) is 61.8 Å². The van der Waals surface area contributed by atoms with Crippen LogP contribution in [0.2, 0.25) is 0 Å². The molecule has 1 fully saturated rings. The first-order chi connectivity index (χ1) is 17.8. The van der Waals surface area contributed by atoms with E-state index in [4.69, 9.17) is 9.47 Å². The Balaban J connectivity index is 1.47. The number of unbranched alkanes of at least 4 members (excludes halogenated alkanes) is 7. The lowest BCUT2D eigenvalue weighted by molar-refractivity contribution is -0.230. The zero-order valence-corrected chi connectivity index (χ0v) is 21.2. The molecular weight excluding hydrogens is 485 g/mol. The number of carbonyl (C=O) groups excluding carboxylic acids is 2. The molecular formula is C29H35F3O5. The minimum atomic E-state index is -4.84. The van der Waals surface area contributed by atoms with E-state index in [1.807, 2.05) is 24.3 Å². The summed E-state index contributed by atoms with van der Waals surface area (Å²) >= 11 is 0. The third-order valence-electron chi connectivity index (χ3n) is 6.38. The number of hydrogen-bond donors (Lipinski definition) is 0. The SMILES string of the molecule is CCCCCCCCCCOc1ccc(-c2ccc(C(=O)O[C@@H]([C@@H]3CCC(=O)O3)C(F)(F)F)cc2)cc1. The van der Waals surface area contributed by atoms with E-state index in [1.54, 1.807) is 12.1 Å². The molecule has 0 aliphatic carbocycles. The van der Waals surface area contributed by atoms with Gasteiger partial charge in [0.1, 0.15) is 11.9 Å². The maximum absolute atomic E-state index is 13.4. The standard InChI is InChI=1S/C29H35F3O5/c1-2-3-4-5-6-7-8-9-20-35-24-16-14-22(15-17-24)21-10-12-23(13-11-21)28(34)37-27(29(30,31)32)25-18-19-26(33)36-25/h10-17,25,27H,2-9,18-20H2,1H3/t25-,27-/m0/s1. The van der Waals surface area contributed by atoms with Crippen LogP contribution in [0.15, 0.2) is 48.5 Å². The Bertz CT molecular complexity index is 986. The van der Waals surface area contributed by atoms with Crippen LogP contribution in [-0.4, -0.2) is 36.9 Å². The van der Waals surface area contributed by atoms with Crippen molar-refractivity contribution in [3.63, 3.8) is 0 Å². The summed E-state index contributed by atoms with van der Waals surface area (Å²) in [5, 5.41) is 0. The molecule has 1 saturated heterocycles. The van der Waals surface area contributed by atoms with Crippen molar-refractivity contribution in [3.05, 3.63) is 54.1 Å². The van der Waals surface area contributed by atoms with E-state index in [-0.39, 0.29) is 18.4 Å². The second-order valence-electron chi connectivity index (χ2n) is 9.36. The average molecular weight is 521 g/mol. The summed E-state index contributed by atoms with van der Waals surface area (Å²) in [5.41, 5.74) is 1.65. The summed E-state index contributed by atoms with van der Waals surface area (Å²) in [7, 11) is 0. The van der Waals surface area contributed by atoms with Gasteiger partial charge in [0, 0.05) is 6.42 Å². The van der Waals surface area contributed by atoms with Crippen LogP contribution in [0.1, 0.15) is 81.5 Å². The number of esters is 2. The smallest absolute Gasteiger partial charge is 0.429 e. The summed E-state index contributed by atoms with van der Waals surface area (Å²) in [6.45, 7) is 2.89. The Morgan fingerprint density at radius 3 is 2.03 bits per heavy atom. The van der Waals surface area contributed by atoms with Crippen molar-refractivity contribution < 1.29 is 37.0 Å². The molecule has 0 radical (unpaired) electrons. The molecule has 1 aliphatic heterocycles. The lowest BCUT2D eigenvalue weighted by Gasteiger charge is -2.24. The third kappa shape index (κ3) is 9.09. The summed E-state index contributed by atoms with van der Waals surface area (Å²) < 4.78 is 55.4. The largest absolute Gasteiger partial charge is 0.494 e. The van der Waals surface area contributed by atoms with Crippen molar-refractivity contribution >= 4 is 11.9 Å². The molecule has 0 bridgehead atoms. The molecule has 0 unspecified atom stereocenters. The summed E-state index contributed by atoms with van der Waals surface area (Å²) in [4.78, 5) is 23.6. The molecule has 0 N–H and O–H groups in total. The minimum absolute atomic E-state index is 0.0207.